The van der Waals surface area contributed by atoms with E-state index in [0.717, 1.165) is 24.4 Å². The molecule has 3 rings (SSSR count). The molecule has 2 aromatic heterocycles. The van der Waals surface area contributed by atoms with Crippen LogP contribution in [-0.4, -0.2) is 50.1 Å². The summed E-state index contributed by atoms with van der Waals surface area (Å²) in [6.45, 7) is 4.51. The molecule has 0 aromatic carbocycles. The lowest BCUT2D eigenvalue weighted by Crippen LogP contribution is -2.30. The van der Waals surface area contributed by atoms with E-state index in [9.17, 15) is 4.79 Å². The second-order valence-electron chi connectivity index (χ2n) is 5.53. The van der Waals surface area contributed by atoms with Crippen LogP contribution >= 0.6 is 0 Å². The maximum atomic E-state index is 12.5. The monoisotopic (exact) mass is 303 g/mol. The minimum absolute atomic E-state index is 0.0738. The van der Waals surface area contributed by atoms with Crippen LogP contribution in [0.4, 0.5) is 0 Å². The molecule has 118 valence electrons. The summed E-state index contributed by atoms with van der Waals surface area (Å²) < 4.78 is 9.04. The highest BCUT2D eigenvalue weighted by Gasteiger charge is 2.29. The summed E-state index contributed by atoms with van der Waals surface area (Å²) in [7, 11) is 1.89. The van der Waals surface area contributed by atoms with Gasteiger partial charge in [-0.25, -0.2) is 4.68 Å². The Hall–Kier alpha value is -2.15. The topological polar surface area (TPSA) is 65.2 Å². The van der Waals surface area contributed by atoms with E-state index in [0.29, 0.717) is 19.8 Å². The summed E-state index contributed by atoms with van der Waals surface area (Å²) in [5, 5.41) is 8.28. The van der Waals surface area contributed by atoms with Gasteiger partial charge in [0, 0.05) is 32.9 Å². The van der Waals surface area contributed by atoms with Crippen LogP contribution in [0.2, 0.25) is 0 Å². The Balaban J connectivity index is 1.63. The fourth-order valence-electron chi connectivity index (χ4n) is 2.75. The Morgan fingerprint density at radius 3 is 3.09 bits per heavy atom. The van der Waals surface area contributed by atoms with Crippen LogP contribution < -0.4 is 0 Å². The summed E-state index contributed by atoms with van der Waals surface area (Å²) >= 11 is 0. The van der Waals surface area contributed by atoms with Gasteiger partial charge in [-0.05, 0) is 25.5 Å². The predicted octanol–water partition coefficient (Wildman–Crippen LogP) is 1.24. The molecule has 1 unspecified atom stereocenters. The molecule has 2 aromatic rings. The summed E-state index contributed by atoms with van der Waals surface area (Å²) in [4.78, 5) is 14.4. The van der Waals surface area contributed by atoms with Gasteiger partial charge >= 0.3 is 0 Å². The molecule has 3 heterocycles. The number of nitrogens with zero attached hydrogens (tertiary/aromatic N) is 5. The first kappa shape index (κ1) is 14.8. The summed E-state index contributed by atoms with van der Waals surface area (Å²) in [6, 6.07) is 3.93. The first-order valence-electron chi connectivity index (χ1n) is 7.58. The largest absolute Gasteiger partial charge is 0.375 e. The normalized spacial score (nSPS) is 18.1. The molecule has 7 nitrogen and oxygen atoms in total. The van der Waals surface area contributed by atoms with Crippen molar-refractivity contribution in [1.82, 2.24) is 24.5 Å². The van der Waals surface area contributed by atoms with Gasteiger partial charge in [-0.15, -0.1) is 5.10 Å². The molecule has 0 spiro atoms. The number of aryl methyl sites for hydroxylation is 1. The molecule has 7 heteroatoms. The Labute approximate surface area is 129 Å². The molecule has 0 aliphatic carbocycles. The molecule has 1 amide bonds. The summed E-state index contributed by atoms with van der Waals surface area (Å²) in [6.07, 6.45) is 4.70. The summed E-state index contributed by atoms with van der Waals surface area (Å²) in [5.74, 6) is 0.0738. The first-order valence-corrected chi connectivity index (χ1v) is 7.58. The lowest BCUT2D eigenvalue weighted by molar-refractivity contribution is 0.0777. The van der Waals surface area contributed by atoms with Gasteiger partial charge < -0.3 is 14.2 Å². The van der Waals surface area contributed by atoms with Gasteiger partial charge in [0.25, 0.3) is 5.91 Å². The van der Waals surface area contributed by atoms with Crippen LogP contribution in [0.15, 0.2) is 24.5 Å². The van der Waals surface area contributed by atoms with E-state index in [1.54, 1.807) is 0 Å². The fourth-order valence-corrected chi connectivity index (χ4v) is 2.75. The minimum atomic E-state index is 0.0738. The van der Waals surface area contributed by atoms with Crippen LogP contribution in [-0.2, 0) is 18.4 Å². The van der Waals surface area contributed by atoms with Gasteiger partial charge in [0.05, 0.1) is 18.8 Å². The van der Waals surface area contributed by atoms with Gasteiger partial charge in [-0.3, -0.25) is 4.79 Å². The van der Waals surface area contributed by atoms with E-state index < -0.39 is 0 Å². The van der Waals surface area contributed by atoms with Crippen LogP contribution in [0.5, 0.6) is 0 Å². The zero-order valence-electron chi connectivity index (χ0n) is 13.0. The number of aromatic nitrogens is 4. The Morgan fingerprint density at radius 2 is 2.36 bits per heavy atom. The van der Waals surface area contributed by atoms with Crippen molar-refractivity contribution in [3.63, 3.8) is 0 Å². The molecule has 1 aliphatic rings. The van der Waals surface area contributed by atoms with E-state index in [1.165, 1.54) is 0 Å². The second kappa shape index (κ2) is 6.31. The van der Waals surface area contributed by atoms with Crippen LogP contribution in [0.3, 0.4) is 0 Å². The van der Waals surface area contributed by atoms with Crippen molar-refractivity contribution in [3.8, 4) is 0 Å². The van der Waals surface area contributed by atoms with Crippen LogP contribution in [0.1, 0.15) is 35.6 Å². The maximum Gasteiger partial charge on any atom is 0.270 e. The number of likely N-dealkylation sites (tertiary alicyclic amines) is 1. The molecule has 1 atom stereocenters. The highest BCUT2D eigenvalue weighted by atomic mass is 16.5. The van der Waals surface area contributed by atoms with E-state index in [-0.39, 0.29) is 11.9 Å². The lowest BCUT2D eigenvalue weighted by atomic mass is 10.3. The number of rotatable bonds is 5. The van der Waals surface area contributed by atoms with Gasteiger partial charge in [0.1, 0.15) is 11.4 Å². The van der Waals surface area contributed by atoms with Gasteiger partial charge in [-0.2, -0.15) is 0 Å². The highest BCUT2D eigenvalue weighted by Crippen LogP contribution is 2.22. The number of hydrogen-bond donors (Lipinski definition) is 0. The average molecular weight is 303 g/mol. The fraction of sp³-hybridized carbons (Fsp3) is 0.533. The zero-order chi connectivity index (χ0) is 15.5. The summed E-state index contributed by atoms with van der Waals surface area (Å²) in [5.41, 5.74) is 1.55. The van der Waals surface area contributed by atoms with Crippen molar-refractivity contribution in [2.24, 2.45) is 7.05 Å². The van der Waals surface area contributed by atoms with E-state index in [1.807, 2.05) is 52.6 Å². The van der Waals surface area contributed by atoms with Gasteiger partial charge in [-0.1, -0.05) is 5.21 Å². The molecule has 1 saturated heterocycles. The molecule has 0 bridgehead atoms. The first-order chi connectivity index (χ1) is 10.7. The predicted molar refractivity (Wildman–Crippen MR) is 80.3 cm³/mol. The molecule has 0 radical (unpaired) electrons. The molecule has 0 N–H and O–H groups in total. The third kappa shape index (κ3) is 2.89. The molecular formula is C15H21N5O2. The number of carbonyl (C=O) groups excluding carboxylic acids is 1. The standard InChI is InChI=1S/C15H21N5O2/c1-3-22-11-12-9-20(17-16-12)13-6-8-19(10-13)15(21)14-5-4-7-18(14)2/h4-5,7,9,13H,3,6,8,10-11H2,1-2H3. The molecule has 1 aliphatic heterocycles. The number of ether oxygens (including phenoxy) is 1. The van der Waals surface area contributed by atoms with Crippen LogP contribution in [0.25, 0.3) is 0 Å². The number of amides is 1. The van der Waals surface area contributed by atoms with Gasteiger partial charge in [0.15, 0.2) is 0 Å². The van der Waals surface area contributed by atoms with E-state index in [2.05, 4.69) is 10.3 Å². The van der Waals surface area contributed by atoms with Crippen molar-refractivity contribution in [3.05, 3.63) is 35.9 Å². The van der Waals surface area contributed by atoms with Crippen molar-refractivity contribution >= 4 is 5.91 Å². The second-order valence-corrected chi connectivity index (χ2v) is 5.53. The molecule has 1 fully saturated rings. The number of hydrogen-bond acceptors (Lipinski definition) is 4. The van der Waals surface area contributed by atoms with Gasteiger partial charge in [0.2, 0.25) is 0 Å². The van der Waals surface area contributed by atoms with E-state index in [4.69, 9.17) is 4.74 Å². The van der Waals surface area contributed by atoms with Crippen molar-refractivity contribution < 1.29 is 9.53 Å². The van der Waals surface area contributed by atoms with Crippen molar-refractivity contribution in [2.45, 2.75) is 26.0 Å². The minimum Gasteiger partial charge on any atom is -0.375 e. The van der Waals surface area contributed by atoms with Crippen LogP contribution in [0, 0.1) is 0 Å². The average Bonchev–Trinajstić information content (AvgIpc) is 3.24. The highest BCUT2D eigenvalue weighted by molar-refractivity contribution is 5.92. The molecule has 22 heavy (non-hydrogen) atoms. The molecular weight excluding hydrogens is 282 g/mol. The van der Waals surface area contributed by atoms with Crippen molar-refractivity contribution in [1.29, 1.82) is 0 Å². The maximum absolute atomic E-state index is 12.5. The Kier molecular flexibility index (Phi) is 4.24. The Morgan fingerprint density at radius 1 is 1.50 bits per heavy atom. The third-order valence-electron chi connectivity index (χ3n) is 4.00. The molecule has 0 saturated carbocycles. The quantitative estimate of drug-likeness (QED) is 0.833. The third-order valence-corrected chi connectivity index (χ3v) is 4.00. The lowest BCUT2D eigenvalue weighted by Gasteiger charge is -2.16. The number of carbonyl (C=O) groups is 1. The van der Waals surface area contributed by atoms with E-state index >= 15 is 0 Å². The SMILES string of the molecule is CCOCc1cn(C2CCN(C(=O)c3cccn3C)C2)nn1. The smallest absolute Gasteiger partial charge is 0.270 e. The Bertz CT molecular complexity index is 648. The van der Waals surface area contributed by atoms with Crippen molar-refractivity contribution in [2.75, 3.05) is 19.7 Å². The zero-order valence-corrected chi connectivity index (χ0v) is 13.0.